The summed E-state index contributed by atoms with van der Waals surface area (Å²) < 4.78 is 12.5. The lowest BCUT2D eigenvalue weighted by molar-refractivity contribution is -0.116. The standard InChI is InChI=1S/C18H17ClN2O3/c1-23-14-9-16-15(17(10-14)24-2)7-8-21(16)11-18(22)20-13-5-3-12(19)4-6-13/h3-10H,11H2,1-2H3,(H,20,22). The second-order valence-corrected chi connectivity index (χ2v) is 5.70. The second-order valence-electron chi connectivity index (χ2n) is 5.26. The Morgan fingerprint density at radius 1 is 1.12 bits per heavy atom. The van der Waals surface area contributed by atoms with E-state index in [1.165, 1.54) is 0 Å². The van der Waals surface area contributed by atoms with Crippen LogP contribution in [0.5, 0.6) is 11.5 Å². The van der Waals surface area contributed by atoms with Gasteiger partial charge in [0.1, 0.15) is 18.0 Å². The number of rotatable bonds is 5. The van der Waals surface area contributed by atoms with Gasteiger partial charge in [-0.1, -0.05) is 11.6 Å². The number of halogens is 1. The van der Waals surface area contributed by atoms with Gasteiger partial charge in [0.15, 0.2) is 0 Å². The summed E-state index contributed by atoms with van der Waals surface area (Å²) in [7, 11) is 3.21. The average Bonchev–Trinajstić information content (AvgIpc) is 2.98. The predicted molar refractivity (Wildman–Crippen MR) is 95.1 cm³/mol. The molecule has 0 unspecified atom stereocenters. The fourth-order valence-electron chi connectivity index (χ4n) is 2.55. The van der Waals surface area contributed by atoms with Crippen molar-refractivity contribution >= 4 is 34.1 Å². The van der Waals surface area contributed by atoms with Crippen molar-refractivity contribution in [3.63, 3.8) is 0 Å². The predicted octanol–water partition coefficient (Wildman–Crippen LogP) is 3.95. The van der Waals surface area contributed by atoms with Crippen LogP contribution < -0.4 is 14.8 Å². The van der Waals surface area contributed by atoms with Crippen molar-refractivity contribution in [2.45, 2.75) is 6.54 Å². The maximum Gasteiger partial charge on any atom is 0.244 e. The van der Waals surface area contributed by atoms with Crippen molar-refractivity contribution in [1.29, 1.82) is 0 Å². The zero-order valence-electron chi connectivity index (χ0n) is 13.4. The molecule has 6 heteroatoms. The molecule has 1 N–H and O–H groups in total. The van der Waals surface area contributed by atoms with Crippen LogP contribution in [0.25, 0.3) is 10.9 Å². The molecule has 0 spiro atoms. The molecule has 0 saturated carbocycles. The molecule has 0 atom stereocenters. The van der Waals surface area contributed by atoms with E-state index in [2.05, 4.69) is 5.32 Å². The molecule has 0 radical (unpaired) electrons. The van der Waals surface area contributed by atoms with Gasteiger partial charge in [-0.25, -0.2) is 0 Å². The Morgan fingerprint density at radius 3 is 2.54 bits per heavy atom. The zero-order chi connectivity index (χ0) is 17.1. The van der Waals surface area contributed by atoms with E-state index in [0.717, 1.165) is 10.9 Å². The third-order valence-corrected chi connectivity index (χ3v) is 3.97. The number of carbonyl (C=O) groups excluding carboxylic acids is 1. The molecule has 2 aromatic carbocycles. The molecule has 1 amide bonds. The number of fused-ring (bicyclic) bond motifs is 1. The molecule has 0 fully saturated rings. The molecule has 1 aromatic heterocycles. The Labute approximate surface area is 144 Å². The Hall–Kier alpha value is -2.66. The number of nitrogens with one attached hydrogen (secondary N) is 1. The van der Waals surface area contributed by atoms with Gasteiger partial charge >= 0.3 is 0 Å². The largest absolute Gasteiger partial charge is 0.497 e. The molecule has 3 aromatic rings. The molecular formula is C18H17ClN2O3. The number of anilines is 1. The highest BCUT2D eigenvalue weighted by atomic mass is 35.5. The number of amides is 1. The summed E-state index contributed by atoms with van der Waals surface area (Å²) >= 11 is 5.85. The van der Waals surface area contributed by atoms with E-state index in [1.807, 2.05) is 29.0 Å². The summed E-state index contributed by atoms with van der Waals surface area (Å²) in [4.78, 5) is 12.3. The van der Waals surface area contributed by atoms with Crippen LogP contribution in [0.3, 0.4) is 0 Å². The van der Waals surface area contributed by atoms with E-state index in [4.69, 9.17) is 21.1 Å². The first-order valence-corrected chi connectivity index (χ1v) is 7.75. The van der Waals surface area contributed by atoms with Crippen molar-refractivity contribution in [3.8, 4) is 11.5 Å². The van der Waals surface area contributed by atoms with E-state index in [9.17, 15) is 4.79 Å². The third kappa shape index (κ3) is 3.31. The number of methoxy groups -OCH3 is 2. The lowest BCUT2D eigenvalue weighted by Gasteiger charge is -2.10. The van der Waals surface area contributed by atoms with Crippen LogP contribution in [0, 0.1) is 0 Å². The minimum atomic E-state index is -0.128. The fraction of sp³-hybridized carbons (Fsp3) is 0.167. The van der Waals surface area contributed by atoms with Gasteiger partial charge in [-0.15, -0.1) is 0 Å². The molecule has 0 saturated heterocycles. The van der Waals surface area contributed by atoms with Crippen molar-refractivity contribution < 1.29 is 14.3 Å². The second kappa shape index (κ2) is 6.84. The van der Waals surface area contributed by atoms with Gasteiger partial charge in [-0.2, -0.15) is 0 Å². The Bertz CT molecular complexity index is 872. The van der Waals surface area contributed by atoms with Gasteiger partial charge in [0.25, 0.3) is 0 Å². The zero-order valence-corrected chi connectivity index (χ0v) is 14.1. The fourth-order valence-corrected chi connectivity index (χ4v) is 2.68. The lowest BCUT2D eigenvalue weighted by atomic mass is 10.2. The minimum absolute atomic E-state index is 0.128. The van der Waals surface area contributed by atoms with Gasteiger partial charge in [0, 0.05) is 34.4 Å². The number of carbonyl (C=O) groups is 1. The first-order chi connectivity index (χ1) is 11.6. The molecule has 5 nitrogen and oxygen atoms in total. The van der Waals surface area contributed by atoms with Gasteiger partial charge in [0.2, 0.25) is 5.91 Å². The van der Waals surface area contributed by atoms with Gasteiger partial charge in [0.05, 0.1) is 19.7 Å². The number of benzene rings is 2. The lowest BCUT2D eigenvalue weighted by Crippen LogP contribution is -2.18. The van der Waals surface area contributed by atoms with Gasteiger partial charge in [-0.3, -0.25) is 4.79 Å². The van der Waals surface area contributed by atoms with Crippen LogP contribution >= 0.6 is 11.6 Å². The molecule has 0 aliphatic carbocycles. The molecule has 3 rings (SSSR count). The van der Waals surface area contributed by atoms with Crippen LogP contribution in [0.15, 0.2) is 48.7 Å². The van der Waals surface area contributed by atoms with Crippen LogP contribution in [-0.4, -0.2) is 24.7 Å². The van der Waals surface area contributed by atoms with Crippen molar-refractivity contribution in [2.75, 3.05) is 19.5 Å². The molecule has 24 heavy (non-hydrogen) atoms. The molecule has 0 aliphatic rings. The smallest absolute Gasteiger partial charge is 0.244 e. The van der Waals surface area contributed by atoms with Crippen LogP contribution in [-0.2, 0) is 11.3 Å². The molecule has 0 aliphatic heterocycles. The monoisotopic (exact) mass is 344 g/mol. The average molecular weight is 345 g/mol. The number of hydrogen-bond donors (Lipinski definition) is 1. The summed E-state index contributed by atoms with van der Waals surface area (Å²) in [6.07, 6.45) is 1.86. The molecule has 1 heterocycles. The van der Waals surface area contributed by atoms with E-state index >= 15 is 0 Å². The minimum Gasteiger partial charge on any atom is -0.497 e. The molecule has 124 valence electrons. The first-order valence-electron chi connectivity index (χ1n) is 7.37. The van der Waals surface area contributed by atoms with Crippen molar-refractivity contribution in [1.82, 2.24) is 4.57 Å². The van der Waals surface area contributed by atoms with Crippen molar-refractivity contribution in [2.24, 2.45) is 0 Å². The number of aromatic nitrogens is 1. The Morgan fingerprint density at radius 2 is 1.88 bits per heavy atom. The van der Waals surface area contributed by atoms with Gasteiger partial charge < -0.3 is 19.4 Å². The van der Waals surface area contributed by atoms with E-state index in [0.29, 0.717) is 22.2 Å². The van der Waals surface area contributed by atoms with Gasteiger partial charge in [-0.05, 0) is 30.3 Å². The summed E-state index contributed by atoms with van der Waals surface area (Å²) in [6.45, 7) is 0.183. The van der Waals surface area contributed by atoms with Crippen LogP contribution in [0.1, 0.15) is 0 Å². The van der Waals surface area contributed by atoms with E-state index < -0.39 is 0 Å². The van der Waals surface area contributed by atoms with Crippen molar-refractivity contribution in [3.05, 3.63) is 53.7 Å². The first kappa shape index (κ1) is 16.2. The maximum absolute atomic E-state index is 12.3. The highest BCUT2D eigenvalue weighted by molar-refractivity contribution is 6.30. The quantitative estimate of drug-likeness (QED) is 0.762. The topological polar surface area (TPSA) is 52.5 Å². The highest BCUT2D eigenvalue weighted by Gasteiger charge is 2.12. The summed E-state index contributed by atoms with van der Waals surface area (Å²) in [5.41, 5.74) is 1.58. The van der Waals surface area contributed by atoms with E-state index in [-0.39, 0.29) is 12.5 Å². The third-order valence-electron chi connectivity index (χ3n) is 3.72. The maximum atomic E-state index is 12.3. The highest BCUT2D eigenvalue weighted by Crippen LogP contribution is 2.31. The van der Waals surface area contributed by atoms with E-state index in [1.54, 1.807) is 38.5 Å². The molecular weight excluding hydrogens is 328 g/mol. The summed E-state index contributed by atoms with van der Waals surface area (Å²) in [5.74, 6) is 1.26. The summed E-state index contributed by atoms with van der Waals surface area (Å²) in [6, 6.07) is 12.6. The number of hydrogen-bond acceptors (Lipinski definition) is 3. The molecule has 0 bridgehead atoms. The van der Waals surface area contributed by atoms with Crippen LogP contribution in [0.4, 0.5) is 5.69 Å². The number of nitrogens with zero attached hydrogens (tertiary/aromatic N) is 1. The SMILES string of the molecule is COc1cc(OC)c2ccn(CC(=O)Nc3ccc(Cl)cc3)c2c1. The number of ether oxygens (including phenoxy) is 2. The Kier molecular flexibility index (Phi) is 4.62. The normalized spacial score (nSPS) is 10.6. The van der Waals surface area contributed by atoms with Crippen LogP contribution in [0.2, 0.25) is 5.02 Å². The Balaban J connectivity index is 1.84. The summed E-state index contributed by atoms with van der Waals surface area (Å²) in [5, 5.41) is 4.41.